The van der Waals surface area contributed by atoms with E-state index in [9.17, 15) is 19.5 Å². The third-order valence-corrected chi connectivity index (χ3v) is 6.29. The first kappa shape index (κ1) is 29.0. The molecule has 0 saturated heterocycles. The summed E-state index contributed by atoms with van der Waals surface area (Å²) in [5.74, 6) is -0.688. The summed E-state index contributed by atoms with van der Waals surface area (Å²) < 4.78 is 5.43. The molecular weight excluding hydrogens is 482 g/mol. The van der Waals surface area contributed by atoms with E-state index >= 15 is 0 Å². The van der Waals surface area contributed by atoms with Crippen molar-refractivity contribution in [2.45, 2.75) is 91.1 Å². The number of aryl methyl sites for hydroxylation is 1. The molecular formula is C30H41N3O5. The van der Waals surface area contributed by atoms with Crippen LogP contribution in [0.15, 0.2) is 48.5 Å². The Morgan fingerprint density at radius 2 is 1.71 bits per heavy atom. The number of hydrogen-bond donors (Lipinski definition) is 3. The third-order valence-electron chi connectivity index (χ3n) is 6.29. The van der Waals surface area contributed by atoms with Crippen molar-refractivity contribution in [2.75, 3.05) is 0 Å². The van der Waals surface area contributed by atoms with Gasteiger partial charge in [-0.1, -0.05) is 62.4 Å². The van der Waals surface area contributed by atoms with Gasteiger partial charge in [0.2, 0.25) is 11.8 Å². The lowest BCUT2D eigenvalue weighted by atomic mass is 9.97. The number of carbonyl (C=O) groups excluding carboxylic acids is 3. The molecule has 0 aliphatic heterocycles. The van der Waals surface area contributed by atoms with Gasteiger partial charge in [0.1, 0.15) is 23.4 Å². The van der Waals surface area contributed by atoms with Gasteiger partial charge in [-0.25, -0.2) is 4.79 Å². The van der Waals surface area contributed by atoms with Crippen LogP contribution in [0.5, 0.6) is 5.75 Å². The van der Waals surface area contributed by atoms with Crippen molar-refractivity contribution in [3.05, 3.63) is 65.2 Å². The van der Waals surface area contributed by atoms with E-state index in [-0.39, 0.29) is 30.2 Å². The number of phenolic OH excluding ortho intramolecular Hbond substituents is 1. The van der Waals surface area contributed by atoms with Gasteiger partial charge in [0.05, 0.1) is 0 Å². The van der Waals surface area contributed by atoms with Crippen LogP contribution < -0.4 is 10.6 Å². The highest BCUT2D eigenvalue weighted by Crippen LogP contribution is 2.39. The molecule has 2 aromatic carbocycles. The number of phenols is 1. The Kier molecular flexibility index (Phi) is 9.41. The van der Waals surface area contributed by atoms with Crippen molar-refractivity contribution < 1.29 is 24.2 Å². The van der Waals surface area contributed by atoms with E-state index < -0.39 is 29.7 Å². The first-order chi connectivity index (χ1) is 17.9. The summed E-state index contributed by atoms with van der Waals surface area (Å²) >= 11 is 0. The third kappa shape index (κ3) is 7.97. The molecule has 1 aliphatic carbocycles. The van der Waals surface area contributed by atoms with Crippen LogP contribution in [0, 0.1) is 12.8 Å². The molecule has 0 radical (unpaired) electrons. The Morgan fingerprint density at radius 3 is 2.29 bits per heavy atom. The zero-order valence-electron chi connectivity index (χ0n) is 23.3. The Labute approximate surface area is 225 Å². The van der Waals surface area contributed by atoms with E-state index in [1.807, 2.05) is 44.2 Å². The fourth-order valence-corrected chi connectivity index (χ4v) is 4.39. The van der Waals surface area contributed by atoms with Crippen LogP contribution in [0.3, 0.4) is 0 Å². The molecule has 3 N–H and O–H groups in total. The molecule has 0 aromatic heterocycles. The quantitative estimate of drug-likeness (QED) is 0.407. The van der Waals surface area contributed by atoms with Gasteiger partial charge < -0.3 is 25.4 Å². The average molecular weight is 524 g/mol. The molecule has 2 atom stereocenters. The molecule has 206 valence electrons. The van der Waals surface area contributed by atoms with Crippen molar-refractivity contribution in [1.29, 1.82) is 0 Å². The summed E-state index contributed by atoms with van der Waals surface area (Å²) in [4.78, 5) is 42.2. The van der Waals surface area contributed by atoms with Gasteiger partial charge in [0.15, 0.2) is 0 Å². The average Bonchev–Trinajstić information content (AvgIpc) is 3.66. The molecule has 1 fully saturated rings. The summed E-state index contributed by atoms with van der Waals surface area (Å²) in [6, 6.07) is 12.6. The van der Waals surface area contributed by atoms with Crippen molar-refractivity contribution in [3.8, 4) is 5.75 Å². The standard InChI is InChI=1S/C30H41N3O5/c1-19(2)17-24(32-29(37)38-30(4,5)6)28(36)33(22-15-16-22)25(23-14-10-11-20(3)26(23)34)27(35)31-18-21-12-8-7-9-13-21/h7-14,19,22,24-25,34H,15-18H2,1-6H3,(H,31,35)(H,32,37). The Morgan fingerprint density at radius 1 is 1.05 bits per heavy atom. The molecule has 8 heteroatoms. The van der Waals surface area contributed by atoms with Gasteiger partial charge in [-0.2, -0.15) is 0 Å². The van der Waals surface area contributed by atoms with Crippen molar-refractivity contribution in [2.24, 2.45) is 5.92 Å². The molecule has 3 rings (SSSR count). The topological polar surface area (TPSA) is 108 Å². The van der Waals surface area contributed by atoms with Gasteiger partial charge in [0, 0.05) is 18.2 Å². The van der Waals surface area contributed by atoms with Gasteiger partial charge in [-0.15, -0.1) is 0 Å². The van der Waals surface area contributed by atoms with E-state index in [0.29, 0.717) is 17.5 Å². The maximum absolute atomic E-state index is 14.1. The number of ether oxygens (including phenoxy) is 1. The van der Waals surface area contributed by atoms with Crippen LogP contribution in [0.1, 0.15) is 76.6 Å². The van der Waals surface area contributed by atoms with Crippen LogP contribution in [-0.2, 0) is 20.9 Å². The molecule has 0 heterocycles. The van der Waals surface area contributed by atoms with Gasteiger partial charge >= 0.3 is 6.09 Å². The zero-order chi connectivity index (χ0) is 28.0. The van der Waals surface area contributed by atoms with Crippen LogP contribution >= 0.6 is 0 Å². The highest BCUT2D eigenvalue weighted by Gasteiger charge is 2.45. The number of aromatic hydroxyl groups is 1. The summed E-state index contributed by atoms with van der Waals surface area (Å²) in [5.41, 5.74) is 1.16. The second kappa shape index (κ2) is 12.3. The van der Waals surface area contributed by atoms with Gasteiger partial charge in [0.25, 0.3) is 0 Å². The van der Waals surface area contributed by atoms with Crippen molar-refractivity contribution in [1.82, 2.24) is 15.5 Å². The molecule has 0 bridgehead atoms. The first-order valence-corrected chi connectivity index (χ1v) is 13.3. The van der Waals surface area contributed by atoms with Gasteiger partial charge in [-0.3, -0.25) is 9.59 Å². The Balaban J connectivity index is 1.97. The molecule has 2 unspecified atom stereocenters. The number of nitrogens with one attached hydrogen (secondary N) is 2. The first-order valence-electron chi connectivity index (χ1n) is 13.3. The number of hydrogen-bond acceptors (Lipinski definition) is 5. The molecule has 1 saturated carbocycles. The molecule has 3 amide bonds. The number of nitrogens with zero attached hydrogens (tertiary/aromatic N) is 1. The minimum atomic E-state index is -1.06. The predicted molar refractivity (Wildman–Crippen MR) is 146 cm³/mol. The molecule has 38 heavy (non-hydrogen) atoms. The van der Waals surface area contributed by atoms with Crippen LogP contribution in [-0.4, -0.2) is 45.6 Å². The lowest BCUT2D eigenvalue weighted by Crippen LogP contribution is -2.54. The van der Waals surface area contributed by atoms with E-state index in [4.69, 9.17) is 4.74 Å². The second-order valence-electron chi connectivity index (χ2n) is 11.4. The van der Waals surface area contributed by atoms with E-state index in [2.05, 4.69) is 10.6 Å². The smallest absolute Gasteiger partial charge is 0.408 e. The van der Waals surface area contributed by atoms with Crippen molar-refractivity contribution in [3.63, 3.8) is 0 Å². The maximum Gasteiger partial charge on any atom is 0.408 e. The summed E-state index contributed by atoms with van der Waals surface area (Å²) in [6.07, 6.45) is 1.17. The highest BCUT2D eigenvalue weighted by atomic mass is 16.6. The SMILES string of the molecule is Cc1cccc(C(C(=O)NCc2ccccc2)N(C(=O)C(CC(C)C)NC(=O)OC(C)(C)C)C2CC2)c1O. The summed E-state index contributed by atoms with van der Waals surface area (Å²) in [7, 11) is 0. The highest BCUT2D eigenvalue weighted by molar-refractivity contribution is 5.93. The van der Waals surface area contributed by atoms with E-state index in [0.717, 1.165) is 18.4 Å². The monoisotopic (exact) mass is 523 g/mol. The van der Waals surface area contributed by atoms with E-state index in [1.54, 1.807) is 50.8 Å². The molecule has 8 nitrogen and oxygen atoms in total. The van der Waals surface area contributed by atoms with Crippen LogP contribution in [0.2, 0.25) is 0 Å². The molecule has 1 aliphatic rings. The van der Waals surface area contributed by atoms with Gasteiger partial charge in [-0.05, 0) is 64.0 Å². The fourth-order valence-electron chi connectivity index (χ4n) is 4.39. The summed E-state index contributed by atoms with van der Waals surface area (Å²) in [6.45, 7) is 11.2. The second-order valence-corrected chi connectivity index (χ2v) is 11.4. The van der Waals surface area contributed by atoms with Crippen molar-refractivity contribution >= 4 is 17.9 Å². The lowest BCUT2D eigenvalue weighted by Gasteiger charge is -2.35. The predicted octanol–water partition coefficient (Wildman–Crippen LogP) is 4.99. The lowest BCUT2D eigenvalue weighted by molar-refractivity contribution is -0.143. The Bertz CT molecular complexity index is 1120. The number of rotatable bonds is 10. The molecule has 2 aromatic rings. The van der Waals surface area contributed by atoms with E-state index in [1.165, 1.54) is 0 Å². The Hall–Kier alpha value is -3.55. The van der Waals surface area contributed by atoms with Crippen LogP contribution in [0.25, 0.3) is 0 Å². The summed E-state index contributed by atoms with van der Waals surface area (Å²) in [5, 5.41) is 16.7. The minimum Gasteiger partial charge on any atom is -0.507 e. The molecule has 0 spiro atoms. The number of carbonyl (C=O) groups is 3. The fraction of sp³-hybridized carbons (Fsp3) is 0.500. The maximum atomic E-state index is 14.1. The number of para-hydroxylation sites is 1. The largest absolute Gasteiger partial charge is 0.507 e. The number of benzene rings is 2. The number of amides is 3. The zero-order valence-corrected chi connectivity index (χ0v) is 23.3. The number of alkyl carbamates (subject to hydrolysis) is 1. The minimum absolute atomic E-state index is 0.0219. The van der Waals surface area contributed by atoms with Crippen LogP contribution in [0.4, 0.5) is 4.79 Å². The normalized spacial score (nSPS) is 14.9.